The lowest BCUT2D eigenvalue weighted by molar-refractivity contribution is -0.916. The van der Waals surface area contributed by atoms with Crippen LogP contribution in [0, 0.1) is 0 Å². The summed E-state index contributed by atoms with van der Waals surface area (Å²) >= 11 is 0. The summed E-state index contributed by atoms with van der Waals surface area (Å²) in [7, 11) is -1.80. The van der Waals surface area contributed by atoms with E-state index in [0.29, 0.717) is 13.2 Å². The molecule has 0 saturated carbocycles. The van der Waals surface area contributed by atoms with E-state index in [9.17, 15) is 9.46 Å². The van der Waals surface area contributed by atoms with Crippen LogP contribution in [0.4, 0.5) is 0 Å². The second-order valence-corrected chi connectivity index (χ2v) is 12.3. The van der Waals surface area contributed by atoms with E-state index in [1.165, 1.54) is 103 Å². The predicted octanol–water partition coefficient (Wildman–Crippen LogP) is 8.19. The van der Waals surface area contributed by atoms with Gasteiger partial charge in [0.2, 0.25) is 0 Å². The molecule has 1 N–H and O–H groups in total. The van der Waals surface area contributed by atoms with Gasteiger partial charge in [-0.25, -0.2) is 4.57 Å². The molecular weight excluding hydrogens is 473 g/mol. The first-order valence-electron chi connectivity index (χ1n) is 15.2. The largest absolute Gasteiger partial charge is 0.472 e. The maximum atomic E-state index is 12.0. The van der Waals surface area contributed by atoms with Crippen molar-refractivity contribution in [2.24, 2.45) is 0 Å². The number of hydrogen-bond donors (Lipinski definition) is 1. The summed E-state index contributed by atoms with van der Waals surface area (Å²) in [5.74, 6) is 0. The van der Waals surface area contributed by atoms with Gasteiger partial charge in [0, 0.05) is 0 Å². The number of morpholine rings is 1. The molecule has 0 spiro atoms. The molecule has 1 unspecified atom stereocenters. The maximum Gasteiger partial charge on any atom is 0.472 e. The van der Waals surface area contributed by atoms with E-state index in [2.05, 4.69) is 26.1 Å². The third-order valence-corrected chi connectivity index (χ3v) is 8.36. The Labute approximate surface area is 223 Å². The molecule has 0 bridgehead atoms. The Morgan fingerprint density at radius 3 is 1.69 bits per heavy atom. The van der Waals surface area contributed by atoms with Crippen LogP contribution in [0.5, 0.6) is 0 Å². The lowest BCUT2D eigenvalue weighted by Crippen LogP contribution is -2.53. The zero-order chi connectivity index (χ0) is 26.2. The molecule has 6 nitrogen and oxygen atoms in total. The molecule has 0 aromatic heterocycles. The van der Waals surface area contributed by atoms with Gasteiger partial charge in [0.25, 0.3) is 0 Å². The number of quaternary nitrogens is 1. The van der Waals surface area contributed by atoms with Crippen molar-refractivity contribution < 1.29 is 27.7 Å². The SMILES string of the molecule is CCCCCCCCC=CCCCCCCCCCCCCOP(=O)(O)OCC[N+]1(C)CCOCC1. The topological polar surface area (TPSA) is 65.0 Å². The average Bonchev–Trinajstić information content (AvgIpc) is 2.85. The van der Waals surface area contributed by atoms with Gasteiger partial charge in [-0.15, -0.1) is 0 Å². The molecule has 36 heavy (non-hydrogen) atoms. The fourth-order valence-electron chi connectivity index (χ4n) is 4.66. The minimum absolute atomic E-state index is 0.236. The Balaban J connectivity index is 1.80. The van der Waals surface area contributed by atoms with Crippen molar-refractivity contribution in [3.05, 3.63) is 12.2 Å². The molecule has 0 amide bonds. The summed E-state index contributed by atoms with van der Waals surface area (Å²) in [6, 6.07) is 0. The fraction of sp³-hybridized carbons (Fsp3) is 0.931. The van der Waals surface area contributed by atoms with Crippen molar-refractivity contribution in [1.29, 1.82) is 0 Å². The number of phosphoric ester groups is 1. The minimum Gasteiger partial charge on any atom is -0.370 e. The molecule has 1 fully saturated rings. The quantitative estimate of drug-likeness (QED) is 0.0556. The van der Waals surface area contributed by atoms with E-state index in [1.807, 2.05) is 0 Å². The average molecular weight is 533 g/mol. The minimum atomic E-state index is -3.93. The standard InChI is InChI=1S/C29H58NO5P/c1-3-4-5-6-7-8-9-10-11-12-13-14-15-16-17-18-19-20-21-22-26-34-36(31,32)35-29-25-30(2)23-27-33-28-24-30/h10-11H,3-9,12-29H2,1-2H3/p+1. The van der Waals surface area contributed by atoms with Crippen LogP contribution in [-0.2, 0) is 18.3 Å². The molecule has 214 valence electrons. The summed E-state index contributed by atoms with van der Waals surface area (Å²) < 4.78 is 28.5. The molecule has 0 aromatic carbocycles. The lowest BCUT2D eigenvalue weighted by atomic mass is 10.1. The maximum absolute atomic E-state index is 12.0. The van der Waals surface area contributed by atoms with Crippen molar-refractivity contribution >= 4 is 7.82 Å². The first-order chi connectivity index (χ1) is 17.5. The molecule has 7 heteroatoms. The lowest BCUT2D eigenvalue weighted by Gasteiger charge is -2.37. The third-order valence-electron chi connectivity index (χ3n) is 7.35. The number of allylic oxidation sites excluding steroid dienone is 2. The van der Waals surface area contributed by atoms with Gasteiger partial charge in [-0.2, -0.15) is 0 Å². The normalized spacial score (nSPS) is 17.5. The van der Waals surface area contributed by atoms with Gasteiger partial charge >= 0.3 is 7.82 Å². The van der Waals surface area contributed by atoms with Crippen LogP contribution in [0.15, 0.2) is 12.2 Å². The Hall–Kier alpha value is -0.230. The summed E-state index contributed by atoms with van der Waals surface area (Å²) in [5, 5.41) is 0. The van der Waals surface area contributed by atoms with Gasteiger partial charge in [-0.05, 0) is 32.1 Å². The molecule has 1 atom stereocenters. The van der Waals surface area contributed by atoms with E-state index in [0.717, 1.165) is 43.6 Å². The Bertz CT molecular complexity index is 566. The van der Waals surface area contributed by atoms with Crippen LogP contribution in [0.25, 0.3) is 0 Å². The van der Waals surface area contributed by atoms with Crippen LogP contribution in [0.1, 0.15) is 122 Å². The zero-order valence-electron chi connectivity index (χ0n) is 23.8. The van der Waals surface area contributed by atoms with Crippen molar-refractivity contribution in [1.82, 2.24) is 0 Å². The van der Waals surface area contributed by atoms with Crippen molar-refractivity contribution in [3.63, 3.8) is 0 Å². The Morgan fingerprint density at radius 2 is 1.17 bits per heavy atom. The molecule has 1 heterocycles. The number of hydrogen-bond acceptors (Lipinski definition) is 4. The fourth-order valence-corrected chi connectivity index (χ4v) is 5.40. The summed E-state index contributed by atoms with van der Waals surface area (Å²) in [4.78, 5) is 9.86. The van der Waals surface area contributed by atoms with E-state index in [-0.39, 0.29) is 6.61 Å². The number of unbranched alkanes of at least 4 members (excludes halogenated alkanes) is 16. The molecule has 0 radical (unpaired) electrons. The van der Waals surface area contributed by atoms with Gasteiger partial charge in [-0.3, -0.25) is 9.05 Å². The third kappa shape index (κ3) is 20.8. The van der Waals surface area contributed by atoms with Gasteiger partial charge in [0.15, 0.2) is 0 Å². The van der Waals surface area contributed by atoms with E-state index >= 15 is 0 Å². The molecule has 1 aliphatic rings. The van der Waals surface area contributed by atoms with Crippen molar-refractivity contribution in [2.45, 2.75) is 122 Å². The summed E-state index contributed by atoms with van der Waals surface area (Å²) in [6.07, 6.45) is 27.9. The number of phosphoric acid groups is 1. The van der Waals surface area contributed by atoms with E-state index in [1.54, 1.807) is 0 Å². The number of ether oxygens (including phenoxy) is 1. The highest BCUT2D eigenvalue weighted by Crippen LogP contribution is 2.43. The van der Waals surface area contributed by atoms with Crippen LogP contribution >= 0.6 is 7.82 Å². The van der Waals surface area contributed by atoms with Gasteiger partial charge in [0.1, 0.15) is 26.2 Å². The van der Waals surface area contributed by atoms with Crippen LogP contribution < -0.4 is 0 Å². The van der Waals surface area contributed by atoms with Crippen molar-refractivity contribution in [2.75, 3.05) is 53.1 Å². The predicted molar refractivity (Wildman–Crippen MR) is 151 cm³/mol. The summed E-state index contributed by atoms with van der Waals surface area (Å²) in [5.41, 5.74) is 0. The van der Waals surface area contributed by atoms with Crippen LogP contribution in [0.3, 0.4) is 0 Å². The number of likely N-dealkylation sites (N-methyl/N-ethyl adjacent to an activating group) is 1. The van der Waals surface area contributed by atoms with Gasteiger partial charge in [-0.1, -0.05) is 103 Å². The van der Waals surface area contributed by atoms with E-state index in [4.69, 9.17) is 13.8 Å². The molecule has 0 aromatic rings. The van der Waals surface area contributed by atoms with Gasteiger partial charge < -0.3 is 14.1 Å². The highest BCUT2D eigenvalue weighted by atomic mass is 31.2. The van der Waals surface area contributed by atoms with Crippen LogP contribution in [0.2, 0.25) is 0 Å². The monoisotopic (exact) mass is 532 g/mol. The smallest absolute Gasteiger partial charge is 0.370 e. The molecule has 0 aliphatic carbocycles. The highest BCUT2D eigenvalue weighted by molar-refractivity contribution is 7.47. The molecule has 1 saturated heterocycles. The first-order valence-corrected chi connectivity index (χ1v) is 16.7. The molecule has 1 rings (SSSR count). The number of nitrogens with zero attached hydrogens (tertiary/aromatic N) is 1. The van der Waals surface area contributed by atoms with E-state index < -0.39 is 7.82 Å². The molecular formula is C29H59NO5P+. The highest BCUT2D eigenvalue weighted by Gasteiger charge is 2.27. The Morgan fingerprint density at radius 1 is 0.722 bits per heavy atom. The Kier molecular flexibility index (Phi) is 21.3. The first kappa shape index (κ1) is 33.8. The van der Waals surface area contributed by atoms with Gasteiger partial charge in [0.05, 0.1) is 26.9 Å². The van der Waals surface area contributed by atoms with Crippen molar-refractivity contribution in [3.8, 4) is 0 Å². The second kappa shape index (κ2) is 22.7. The second-order valence-electron chi connectivity index (χ2n) is 10.9. The number of rotatable bonds is 25. The summed E-state index contributed by atoms with van der Waals surface area (Å²) in [6.45, 7) is 6.81. The van der Waals surface area contributed by atoms with Crippen LogP contribution in [-0.4, -0.2) is 62.5 Å². The zero-order valence-corrected chi connectivity index (χ0v) is 24.7. The molecule has 1 aliphatic heterocycles.